The third-order valence-electron chi connectivity index (χ3n) is 1.82. The number of hydrogen-bond donors (Lipinski definition) is 1. The molecule has 2 heterocycles. The third-order valence-corrected chi connectivity index (χ3v) is 2.43. The van der Waals surface area contributed by atoms with Crippen LogP contribution in [0.15, 0.2) is 23.1 Å². The Morgan fingerprint density at radius 3 is 3.00 bits per heavy atom. The van der Waals surface area contributed by atoms with Gasteiger partial charge in [-0.3, -0.25) is 4.79 Å². The molecule has 5 nitrogen and oxygen atoms in total. The second kappa shape index (κ2) is 6.04. The van der Waals surface area contributed by atoms with E-state index in [1.54, 1.807) is 12.3 Å². The Kier molecular flexibility index (Phi) is 5.28. The van der Waals surface area contributed by atoms with Crippen LogP contribution in [-0.4, -0.2) is 73.6 Å². The van der Waals surface area contributed by atoms with Crippen LogP contribution in [0.2, 0.25) is 0 Å². The van der Waals surface area contributed by atoms with Crippen molar-refractivity contribution in [3.63, 3.8) is 0 Å². The summed E-state index contributed by atoms with van der Waals surface area (Å²) in [7, 11) is 0. The van der Waals surface area contributed by atoms with E-state index in [4.69, 9.17) is 4.74 Å². The van der Waals surface area contributed by atoms with Crippen LogP contribution < -0.4 is 4.74 Å². The Hall–Kier alpha value is -0.0536. The van der Waals surface area contributed by atoms with Gasteiger partial charge in [-0.05, 0) is 22.0 Å². The number of aldehydes is 1. The van der Waals surface area contributed by atoms with E-state index in [0.717, 1.165) is 0 Å². The van der Waals surface area contributed by atoms with E-state index in [9.17, 15) is 9.59 Å². The van der Waals surface area contributed by atoms with Crippen LogP contribution in [0.25, 0.3) is 10.9 Å². The molecule has 0 fully saturated rings. The van der Waals surface area contributed by atoms with Gasteiger partial charge in [-0.15, -0.1) is 0 Å². The van der Waals surface area contributed by atoms with Crippen molar-refractivity contribution in [2.45, 2.75) is 0 Å². The van der Waals surface area contributed by atoms with Gasteiger partial charge in [0.1, 0.15) is 4.60 Å². The number of rotatable bonds is 2. The Morgan fingerprint density at radius 1 is 1.56 bits per heavy atom. The molecular formula is C9H5BrKN2O3. The van der Waals surface area contributed by atoms with Crippen LogP contribution in [-0.2, 0) is 9.59 Å². The quantitative estimate of drug-likeness (QED) is 0.296. The predicted molar refractivity (Wildman–Crippen MR) is 61.2 cm³/mol. The summed E-state index contributed by atoms with van der Waals surface area (Å²) in [6.45, 7) is 0. The van der Waals surface area contributed by atoms with Crippen molar-refractivity contribution in [3.8, 4) is 5.75 Å². The molecule has 0 aliphatic carbocycles. The number of fused-ring (bicyclic) bond motifs is 1. The summed E-state index contributed by atoms with van der Waals surface area (Å²) in [4.78, 5) is 27.8. The van der Waals surface area contributed by atoms with Crippen LogP contribution >= 0.6 is 15.9 Å². The normalized spacial score (nSPS) is 9.56. The summed E-state index contributed by atoms with van der Waals surface area (Å²) < 4.78 is 5.40. The van der Waals surface area contributed by atoms with Crippen LogP contribution in [0, 0.1) is 0 Å². The molecule has 0 spiro atoms. The molecule has 77 valence electrons. The van der Waals surface area contributed by atoms with Gasteiger partial charge >= 0.3 is 5.97 Å². The fourth-order valence-electron chi connectivity index (χ4n) is 1.21. The standard InChI is InChI=1S/C9H5BrN2O3.K/c10-9-8-5(1-2-11-9)6(3-12-8)15-7(14)4-13;/h1-4,12H;. The fraction of sp³-hybridized carbons (Fsp3) is 0. The van der Waals surface area contributed by atoms with Crippen molar-refractivity contribution in [3.05, 3.63) is 23.1 Å². The number of carbonyl (C=O) groups excluding carboxylic acids is 2. The zero-order valence-corrected chi connectivity index (χ0v) is 13.1. The first-order chi connectivity index (χ1) is 7.22. The summed E-state index contributed by atoms with van der Waals surface area (Å²) in [6.07, 6.45) is 3.19. The molecule has 0 aromatic carbocycles. The Balaban J connectivity index is 0.00000128. The molecule has 0 unspecified atom stereocenters. The minimum Gasteiger partial charge on any atom is -0.419 e. The van der Waals surface area contributed by atoms with Gasteiger partial charge in [-0.25, -0.2) is 9.78 Å². The number of hydrogen-bond acceptors (Lipinski definition) is 4. The molecule has 0 atom stereocenters. The monoisotopic (exact) mass is 307 g/mol. The molecular weight excluding hydrogens is 303 g/mol. The fourth-order valence-corrected chi connectivity index (χ4v) is 1.66. The first kappa shape index (κ1) is 14.0. The molecule has 16 heavy (non-hydrogen) atoms. The van der Waals surface area contributed by atoms with Gasteiger partial charge in [0, 0.05) is 69.2 Å². The van der Waals surface area contributed by atoms with Gasteiger partial charge in [0.2, 0.25) is 6.29 Å². The number of aromatic nitrogens is 2. The average molecular weight is 308 g/mol. The number of H-pyrrole nitrogens is 1. The largest absolute Gasteiger partial charge is 0.419 e. The van der Waals surface area contributed by atoms with Crippen LogP contribution in [0.4, 0.5) is 0 Å². The number of nitrogens with zero attached hydrogens (tertiary/aromatic N) is 1. The zero-order valence-electron chi connectivity index (χ0n) is 8.36. The first-order valence-electron chi connectivity index (χ1n) is 4.01. The number of carbonyl (C=O) groups is 2. The first-order valence-corrected chi connectivity index (χ1v) is 4.80. The topological polar surface area (TPSA) is 72.1 Å². The molecule has 7 heteroatoms. The van der Waals surface area contributed by atoms with Crippen molar-refractivity contribution < 1.29 is 14.3 Å². The number of aromatic amines is 1. The molecule has 1 N–H and O–H groups in total. The Morgan fingerprint density at radius 2 is 2.31 bits per heavy atom. The van der Waals surface area contributed by atoms with Gasteiger partial charge in [0.25, 0.3) is 0 Å². The minimum atomic E-state index is -0.927. The molecule has 0 bridgehead atoms. The number of ether oxygens (including phenoxy) is 1. The number of esters is 1. The maximum atomic E-state index is 10.8. The van der Waals surface area contributed by atoms with Gasteiger partial charge in [0.15, 0.2) is 5.75 Å². The summed E-state index contributed by atoms with van der Waals surface area (Å²) in [6, 6.07) is 1.68. The SMILES string of the molecule is O=CC(=O)Oc1c[nH]c2c(Br)nccc12.[K]. The second-order valence-corrected chi connectivity index (χ2v) is 3.47. The summed E-state index contributed by atoms with van der Waals surface area (Å²) in [5, 5.41) is 0.687. The van der Waals surface area contributed by atoms with Crippen molar-refractivity contribution in [1.29, 1.82) is 0 Å². The molecule has 0 amide bonds. The van der Waals surface area contributed by atoms with Gasteiger partial charge in [-0.2, -0.15) is 0 Å². The van der Waals surface area contributed by atoms with Crippen LogP contribution in [0.1, 0.15) is 0 Å². The molecule has 2 rings (SSSR count). The third kappa shape index (κ3) is 2.79. The van der Waals surface area contributed by atoms with E-state index in [-0.39, 0.29) is 57.7 Å². The van der Waals surface area contributed by atoms with Crippen molar-refractivity contribution in [1.82, 2.24) is 9.97 Å². The van der Waals surface area contributed by atoms with Gasteiger partial charge in [-0.1, -0.05) is 0 Å². The number of pyridine rings is 1. The summed E-state index contributed by atoms with van der Waals surface area (Å²) >= 11 is 3.24. The molecule has 0 saturated heterocycles. The van der Waals surface area contributed by atoms with Gasteiger partial charge in [0.05, 0.1) is 5.52 Å². The van der Waals surface area contributed by atoms with E-state index in [0.29, 0.717) is 21.3 Å². The molecule has 1 radical (unpaired) electrons. The maximum absolute atomic E-state index is 10.8. The van der Waals surface area contributed by atoms with Crippen LogP contribution in [0.5, 0.6) is 5.75 Å². The molecule has 2 aromatic heterocycles. The van der Waals surface area contributed by atoms with Crippen molar-refractivity contribution in [2.75, 3.05) is 0 Å². The Labute approximate surface area is 141 Å². The predicted octanol–water partition coefficient (Wildman–Crippen LogP) is 1.05. The van der Waals surface area contributed by atoms with Crippen LogP contribution in [0.3, 0.4) is 0 Å². The minimum absolute atomic E-state index is 0. The molecule has 0 saturated carbocycles. The second-order valence-electron chi connectivity index (χ2n) is 2.72. The van der Waals surface area contributed by atoms with Crippen molar-refractivity contribution >= 4 is 90.5 Å². The zero-order chi connectivity index (χ0) is 10.8. The van der Waals surface area contributed by atoms with E-state index in [1.807, 2.05) is 0 Å². The van der Waals surface area contributed by atoms with Crippen molar-refractivity contribution in [2.24, 2.45) is 0 Å². The average Bonchev–Trinajstić information content (AvgIpc) is 2.63. The van der Waals surface area contributed by atoms with E-state index >= 15 is 0 Å². The molecule has 0 aliphatic heterocycles. The molecule has 0 aliphatic rings. The number of nitrogens with one attached hydrogen (secondary N) is 1. The summed E-state index contributed by atoms with van der Waals surface area (Å²) in [5.41, 5.74) is 0.714. The molecule has 2 aromatic rings. The number of halogens is 1. The van der Waals surface area contributed by atoms with Gasteiger partial charge < -0.3 is 9.72 Å². The Bertz CT molecular complexity index is 541. The smallest absolute Gasteiger partial charge is 0.376 e. The van der Waals surface area contributed by atoms with E-state index < -0.39 is 5.97 Å². The maximum Gasteiger partial charge on any atom is 0.376 e. The van der Waals surface area contributed by atoms with E-state index in [2.05, 4.69) is 25.9 Å². The van der Waals surface area contributed by atoms with E-state index in [1.165, 1.54) is 6.20 Å². The summed E-state index contributed by atoms with van der Waals surface area (Å²) in [5.74, 6) is -0.617.